The number of aromatic hydroxyl groups is 2. The first-order valence-corrected chi connectivity index (χ1v) is 5.88. The van der Waals surface area contributed by atoms with Gasteiger partial charge in [0.2, 0.25) is 0 Å². The Morgan fingerprint density at radius 3 is 1.47 bits per heavy atom. The molecular weight excluding hydrogens is 291 g/mol. The molecule has 0 aromatic heterocycles. The summed E-state index contributed by atoms with van der Waals surface area (Å²) in [6.07, 6.45) is 0. The van der Waals surface area contributed by atoms with Crippen molar-refractivity contribution in [3.05, 3.63) is 34.3 Å². The van der Waals surface area contributed by atoms with Crippen LogP contribution in [0.25, 0.3) is 0 Å². The van der Waals surface area contributed by atoms with E-state index in [2.05, 4.69) is 0 Å². The number of phenolic OH excluding ortho intramolecular Hbond substituents is 2. The SMILES string of the molecule is Nc1c(O)cc(Oc2cc(O)c(N)c(Cl)c2)cc1Cl. The number of halogens is 2. The van der Waals surface area contributed by atoms with Gasteiger partial charge in [0.05, 0.1) is 21.4 Å². The summed E-state index contributed by atoms with van der Waals surface area (Å²) in [5.74, 6) is 0.0930. The summed E-state index contributed by atoms with van der Waals surface area (Å²) in [5, 5.41) is 19.4. The number of hydrogen-bond acceptors (Lipinski definition) is 5. The van der Waals surface area contributed by atoms with Gasteiger partial charge in [0.25, 0.3) is 0 Å². The van der Waals surface area contributed by atoms with Gasteiger partial charge in [-0.05, 0) is 0 Å². The molecule has 0 aliphatic heterocycles. The summed E-state index contributed by atoms with van der Waals surface area (Å²) in [6.45, 7) is 0. The first kappa shape index (κ1) is 13.5. The minimum Gasteiger partial charge on any atom is -0.506 e. The minimum atomic E-state index is -0.201. The number of rotatable bonds is 2. The topological polar surface area (TPSA) is 102 Å². The van der Waals surface area contributed by atoms with Crippen molar-refractivity contribution in [2.45, 2.75) is 0 Å². The van der Waals surface area contributed by atoms with Gasteiger partial charge in [0.1, 0.15) is 23.0 Å². The molecule has 0 heterocycles. The van der Waals surface area contributed by atoms with Crippen molar-refractivity contribution in [1.29, 1.82) is 0 Å². The number of benzene rings is 2. The molecule has 0 spiro atoms. The van der Waals surface area contributed by atoms with Gasteiger partial charge in [-0.2, -0.15) is 0 Å². The fraction of sp³-hybridized carbons (Fsp3) is 0. The molecule has 2 aromatic rings. The summed E-state index contributed by atoms with van der Waals surface area (Å²) in [5.41, 5.74) is 11.1. The van der Waals surface area contributed by atoms with Crippen LogP contribution in [0.1, 0.15) is 0 Å². The van der Waals surface area contributed by atoms with Crippen LogP contribution in [-0.4, -0.2) is 10.2 Å². The van der Waals surface area contributed by atoms with Gasteiger partial charge in [0.15, 0.2) is 0 Å². The highest BCUT2D eigenvalue weighted by molar-refractivity contribution is 6.34. The standard InChI is InChI=1S/C12H10Cl2N2O3/c13-7-1-5(3-9(17)11(7)15)19-6-2-8(14)12(16)10(18)4-6/h1-4,17-18H,15-16H2. The van der Waals surface area contributed by atoms with Crippen molar-refractivity contribution in [2.24, 2.45) is 0 Å². The lowest BCUT2D eigenvalue weighted by Crippen LogP contribution is -1.92. The summed E-state index contributed by atoms with van der Waals surface area (Å²) < 4.78 is 5.41. The van der Waals surface area contributed by atoms with E-state index in [-0.39, 0.29) is 44.4 Å². The Morgan fingerprint density at radius 2 is 1.16 bits per heavy atom. The van der Waals surface area contributed by atoms with Crippen LogP contribution in [0.5, 0.6) is 23.0 Å². The van der Waals surface area contributed by atoms with Gasteiger partial charge in [0, 0.05) is 24.3 Å². The zero-order chi connectivity index (χ0) is 14.2. The molecule has 0 saturated heterocycles. The highest BCUT2D eigenvalue weighted by Gasteiger charge is 2.10. The Labute approximate surface area is 118 Å². The van der Waals surface area contributed by atoms with E-state index in [0.29, 0.717) is 0 Å². The maximum atomic E-state index is 9.53. The number of nitrogen functional groups attached to an aromatic ring is 2. The van der Waals surface area contributed by atoms with Gasteiger partial charge in [-0.25, -0.2) is 0 Å². The second kappa shape index (κ2) is 4.95. The average molecular weight is 301 g/mol. The number of anilines is 2. The van der Waals surface area contributed by atoms with Crippen LogP contribution < -0.4 is 16.2 Å². The second-order valence-electron chi connectivity index (χ2n) is 3.78. The van der Waals surface area contributed by atoms with E-state index in [1.807, 2.05) is 0 Å². The van der Waals surface area contributed by atoms with Gasteiger partial charge < -0.3 is 26.4 Å². The van der Waals surface area contributed by atoms with Crippen LogP contribution in [0.3, 0.4) is 0 Å². The Balaban J connectivity index is 2.36. The summed E-state index contributed by atoms with van der Waals surface area (Å²) >= 11 is 11.6. The highest BCUT2D eigenvalue weighted by atomic mass is 35.5. The lowest BCUT2D eigenvalue weighted by Gasteiger charge is -2.10. The van der Waals surface area contributed by atoms with Gasteiger partial charge in [-0.3, -0.25) is 0 Å². The first-order chi connectivity index (χ1) is 8.88. The maximum absolute atomic E-state index is 9.53. The third-order valence-corrected chi connectivity index (χ3v) is 3.02. The summed E-state index contributed by atoms with van der Waals surface area (Å²) in [6, 6.07) is 5.45. The third-order valence-electron chi connectivity index (χ3n) is 2.40. The molecule has 0 unspecified atom stereocenters. The van der Waals surface area contributed by atoms with Gasteiger partial charge in [-0.15, -0.1) is 0 Å². The third kappa shape index (κ3) is 2.72. The van der Waals surface area contributed by atoms with Crippen molar-refractivity contribution in [3.63, 3.8) is 0 Å². The maximum Gasteiger partial charge on any atom is 0.143 e. The van der Waals surface area contributed by atoms with E-state index < -0.39 is 0 Å². The molecule has 0 amide bonds. The minimum absolute atomic E-state index is 0.0622. The van der Waals surface area contributed by atoms with E-state index in [1.54, 1.807) is 0 Å². The molecule has 0 aliphatic rings. The molecule has 2 rings (SSSR count). The smallest absolute Gasteiger partial charge is 0.143 e. The molecular formula is C12H10Cl2N2O3. The Hall–Kier alpha value is -1.98. The van der Waals surface area contributed by atoms with E-state index in [1.165, 1.54) is 24.3 Å². The lowest BCUT2D eigenvalue weighted by molar-refractivity contribution is 0.448. The van der Waals surface area contributed by atoms with E-state index in [0.717, 1.165) is 0 Å². The quantitative estimate of drug-likeness (QED) is 0.503. The van der Waals surface area contributed by atoms with Crippen LogP contribution in [-0.2, 0) is 0 Å². The van der Waals surface area contributed by atoms with Crippen LogP contribution >= 0.6 is 23.2 Å². The molecule has 2 aromatic carbocycles. The second-order valence-corrected chi connectivity index (χ2v) is 4.59. The number of ether oxygens (including phenoxy) is 1. The molecule has 19 heavy (non-hydrogen) atoms. The molecule has 7 heteroatoms. The molecule has 100 valence electrons. The zero-order valence-electron chi connectivity index (χ0n) is 9.52. The normalized spacial score (nSPS) is 10.4. The fourth-order valence-corrected chi connectivity index (χ4v) is 1.82. The average Bonchev–Trinajstić information content (AvgIpc) is 2.33. The van der Waals surface area contributed by atoms with Crippen molar-refractivity contribution >= 4 is 34.6 Å². The molecule has 0 aliphatic carbocycles. The Kier molecular flexibility index (Phi) is 3.50. The summed E-state index contributed by atoms with van der Waals surface area (Å²) in [7, 11) is 0. The molecule has 0 radical (unpaired) electrons. The van der Waals surface area contributed by atoms with Crippen molar-refractivity contribution < 1.29 is 14.9 Å². The fourth-order valence-electron chi connectivity index (χ4n) is 1.41. The number of nitrogens with two attached hydrogens (primary N) is 2. The van der Waals surface area contributed by atoms with Crippen LogP contribution in [0.2, 0.25) is 10.0 Å². The highest BCUT2D eigenvalue weighted by Crippen LogP contribution is 2.38. The lowest BCUT2D eigenvalue weighted by atomic mass is 10.2. The molecule has 5 nitrogen and oxygen atoms in total. The van der Waals surface area contributed by atoms with Crippen LogP contribution in [0, 0.1) is 0 Å². The van der Waals surface area contributed by atoms with Gasteiger partial charge in [-0.1, -0.05) is 23.2 Å². The Bertz CT molecular complexity index is 545. The molecule has 0 bridgehead atoms. The van der Waals surface area contributed by atoms with E-state index in [4.69, 9.17) is 39.4 Å². The molecule has 0 atom stereocenters. The zero-order valence-corrected chi connectivity index (χ0v) is 11.0. The van der Waals surface area contributed by atoms with Gasteiger partial charge >= 0.3 is 0 Å². The molecule has 0 fully saturated rings. The predicted molar refractivity (Wildman–Crippen MR) is 75.1 cm³/mol. The van der Waals surface area contributed by atoms with Crippen LogP contribution in [0.15, 0.2) is 24.3 Å². The Morgan fingerprint density at radius 1 is 0.789 bits per heavy atom. The first-order valence-electron chi connectivity index (χ1n) is 5.12. The van der Waals surface area contributed by atoms with Crippen molar-refractivity contribution in [2.75, 3.05) is 11.5 Å². The van der Waals surface area contributed by atoms with Crippen molar-refractivity contribution in [3.8, 4) is 23.0 Å². The largest absolute Gasteiger partial charge is 0.506 e. The predicted octanol–water partition coefficient (Wildman–Crippen LogP) is 3.36. The number of hydrogen-bond donors (Lipinski definition) is 4. The molecule has 0 saturated carbocycles. The summed E-state index contributed by atoms with van der Waals surface area (Å²) in [4.78, 5) is 0. The van der Waals surface area contributed by atoms with Crippen molar-refractivity contribution in [1.82, 2.24) is 0 Å². The number of phenols is 2. The molecule has 6 N–H and O–H groups in total. The van der Waals surface area contributed by atoms with E-state index in [9.17, 15) is 10.2 Å². The van der Waals surface area contributed by atoms with Crippen LogP contribution in [0.4, 0.5) is 11.4 Å². The monoisotopic (exact) mass is 300 g/mol. The van der Waals surface area contributed by atoms with E-state index >= 15 is 0 Å².